The lowest BCUT2D eigenvalue weighted by molar-refractivity contribution is -0.0513. The van der Waals surface area contributed by atoms with Crippen LogP contribution >= 0.6 is 0 Å². The summed E-state index contributed by atoms with van der Waals surface area (Å²) in [5, 5.41) is 10.5. The highest BCUT2D eigenvalue weighted by molar-refractivity contribution is 5.07. The van der Waals surface area contributed by atoms with E-state index in [-0.39, 0.29) is 5.60 Å². The normalized spacial score (nSPS) is 40.5. The molecule has 2 atom stereocenters. The number of fused-ring (bicyclic) bond motifs is 1. The second kappa shape index (κ2) is 3.45. The van der Waals surface area contributed by atoms with E-state index in [0.717, 1.165) is 25.7 Å². The molecule has 0 radical (unpaired) electrons. The van der Waals surface area contributed by atoms with Crippen LogP contribution < -0.4 is 0 Å². The molecule has 1 heteroatoms. The van der Waals surface area contributed by atoms with Crippen LogP contribution in [0.4, 0.5) is 0 Å². The fourth-order valence-corrected chi connectivity index (χ4v) is 2.82. The van der Waals surface area contributed by atoms with E-state index in [1.165, 1.54) is 24.8 Å². The maximum atomic E-state index is 10.5. The summed E-state index contributed by atoms with van der Waals surface area (Å²) < 4.78 is 0. The Morgan fingerprint density at radius 3 is 3.08 bits per heavy atom. The Morgan fingerprint density at radius 2 is 2.23 bits per heavy atom. The van der Waals surface area contributed by atoms with Crippen LogP contribution in [0.15, 0.2) is 11.6 Å². The molecule has 0 aromatic rings. The van der Waals surface area contributed by atoms with Crippen LogP contribution in [0.5, 0.6) is 0 Å². The molecule has 0 aromatic heterocycles. The van der Waals surface area contributed by atoms with Gasteiger partial charge in [-0.3, -0.25) is 0 Å². The molecule has 1 saturated carbocycles. The van der Waals surface area contributed by atoms with E-state index in [1.54, 1.807) is 0 Å². The monoisotopic (exact) mass is 180 g/mol. The molecule has 2 aliphatic rings. The molecule has 0 heterocycles. The molecule has 13 heavy (non-hydrogen) atoms. The van der Waals surface area contributed by atoms with Crippen LogP contribution in [0.25, 0.3) is 0 Å². The Labute approximate surface area is 80.8 Å². The fraction of sp³-hybridized carbons (Fsp3) is 0.833. The SMILES string of the molecule is CC1=CC[C@H]2CCCC[C@]2(O)CC1. The van der Waals surface area contributed by atoms with Gasteiger partial charge in [0.15, 0.2) is 0 Å². The molecule has 0 aliphatic heterocycles. The number of hydrogen-bond acceptors (Lipinski definition) is 1. The van der Waals surface area contributed by atoms with Gasteiger partial charge in [-0.05, 0) is 44.9 Å². The minimum Gasteiger partial charge on any atom is -0.390 e. The summed E-state index contributed by atoms with van der Waals surface area (Å²) >= 11 is 0. The average Bonchev–Trinajstić information content (AvgIpc) is 2.27. The molecule has 0 spiro atoms. The number of rotatable bonds is 0. The first-order valence-corrected chi connectivity index (χ1v) is 5.59. The van der Waals surface area contributed by atoms with E-state index in [2.05, 4.69) is 13.0 Å². The third-order valence-corrected chi connectivity index (χ3v) is 3.88. The van der Waals surface area contributed by atoms with E-state index >= 15 is 0 Å². The van der Waals surface area contributed by atoms with Gasteiger partial charge in [0.25, 0.3) is 0 Å². The van der Waals surface area contributed by atoms with Crippen molar-refractivity contribution in [3.8, 4) is 0 Å². The van der Waals surface area contributed by atoms with Crippen LogP contribution in [0.1, 0.15) is 51.9 Å². The van der Waals surface area contributed by atoms with Gasteiger partial charge in [-0.1, -0.05) is 24.5 Å². The summed E-state index contributed by atoms with van der Waals surface area (Å²) in [5.41, 5.74) is 1.16. The van der Waals surface area contributed by atoms with E-state index < -0.39 is 0 Å². The molecule has 74 valence electrons. The molecule has 2 aliphatic carbocycles. The lowest BCUT2D eigenvalue weighted by Crippen LogP contribution is -2.39. The van der Waals surface area contributed by atoms with Crippen molar-refractivity contribution in [1.82, 2.24) is 0 Å². The molecule has 1 fully saturated rings. The average molecular weight is 180 g/mol. The summed E-state index contributed by atoms with van der Waals surface area (Å²) in [6, 6.07) is 0. The van der Waals surface area contributed by atoms with Crippen LogP contribution in [-0.4, -0.2) is 10.7 Å². The van der Waals surface area contributed by atoms with Crippen molar-refractivity contribution in [2.45, 2.75) is 57.5 Å². The smallest absolute Gasteiger partial charge is 0.0681 e. The minimum atomic E-state index is -0.313. The predicted octanol–water partition coefficient (Wildman–Crippen LogP) is 3.04. The topological polar surface area (TPSA) is 20.2 Å². The van der Waals surface area contributed by atoms with E-state index in [4.69, 9.17) is 0 Å². The third kappa shape index (κ3) is 1.80. The van der Waals surface area contributed by atoms with Gasteiger partial charge in [-0.15, -0.1) is 0 Å². The van der Waals surface area contributed by atoms with Gasteiger partial charge in [0, 0.05) is 0 Å². The summed E-state index contributed by atoms with van der Waals surface area (Å²) in [4.78, 5) is 0. The van der Waals surface area contributed by atoms with Crippen molar-refractivity contribution in [2.75, 3.05) is 0 Å². The van der Waals surface area contributed by atoms with Crippen LogP contribution in [0, 0.1) is 5.92 Å². The molecule has 0 aromatic carbocycles. The Hall–Kier alpha value is -0.300. The maximum absolute atomic E-state index is 10.5. The number of aliphatic hydroxyl groups is 1. The summed E-state index contributed by atoms with van der Waals surface area (Å²) in [6.07, 6.45) is 10.4. The second-order valence-electron chi connectivity index (χ2n) is 4.83. The molecule has 0 bridgehead atoms. The zero-order chi connectivity index (χ0) is 9.31. The highest BCUT2D eigenvalue weighted by Crippen LogP contribution is 2.41. The molecule has 1 N–H and O–H groups in total. The van der Waals surface area contributed by atoms with Crippen molar-refractivity contribution in [3.05, 3.63) is 11.6 Å². The van der Waals surface area contributed by atoms with E-state index in [1.807, 2.05) is 0 Å². The first-order valence-electron chi connectivity index (χ1n) is 5.59. The van der Waals surface area contributed by atoms with Crippen molar-refractivity contribution in [3.63, 3.8) is 0 Å². The molecule has 2 rings (SSSR count). The van der Waals surface area contributed by atoms with Crippen molar-refractivity contribution >= 4 is 0 Å². The predicted molar refractivity (Wildman–Crippen MR) is 54.5 cm³/mol. The molecule has 0 unspecified atom stereocenters. The molecular weight excluding hydrogens is 160 g/mol. The van der Waals surface area contributed by atoms with Gasteiger partial charge in [0.05, 0.1) is 5.60 Å². The lowest BCUT2D eigenvalue weighted by Gasteiger charge is -2.39. The summed E-state index contributed by atoms with van der Waals surface area (Å²) in [7, 11) is 0. The Balaban J connectivity index is 2.13. The summed E-state index contributed by atoms with van der Waals surface area (Å²) in [6.45, 7) is 2.20. The molecular formula is C12H20O. The minimum absolute atomic E-state index is 0.313. The Morgan fingerprint density at radius 1 is 1.38 bits per heavy atom. The first kappa shape index (κ1) is 9.26. The highest BCUT2D eigenvalue weighted by atomic mass is 16.3. The number of hydrogen-bond donors (Lipinski definition) is 1. The first-order chi connectivity index (χ1) is 6.21. The van der Waals surface area contributed by atoms with Gasteiger partial charge in [0.1, 0.15) is 0 Å². The van der Waals surface area contributed by atoms with E-state index in [9.17, 15) is 5.11 Å². The zero-order valence-corrected chi connectivity index (χ0v) is 8.55. The lowest BCUT2D eigenvalue weighted by atomic mass is 9.72. The summed E-state index contributed by atoms with van der Waals surface area (Å²) in [5.74, 6) is 0.554. The van der Waals surface area contributed by atoms with E-state index in [0.29, 0.717) is 5.92 Å². The maximum Gasteiger partial charge on any atom is 0.0681 e. The van der Waals surface area contributed by atoms with Crippen LogP contribution in [0.3, 0.4) is 0 Å². The number of allylic oxidation sites excluding steroid dienone is 2. The van der Waals surface area contributed by atoms with Gasteiger partial charge in [0.2, 0.25) is 0 Å². The van der Waals surface area contributed by atoms with Gasteiger partial charge in [-0.25, -0.2) is 0 Å². The highest BCUT2D eigenvalue weighted by Gasteiger charge is 2.38. The molecule has 0 saturated heterocycles. The fourth-order valence-electron chi connectivity index (χ4n) is 2.82. The van der Waals surface area contributed by atoms with Gasteiger partial charge >= 0.3 is 0 Å². The largest absolute Gasteiger partial charge is 0.390 e. The Bertz CT molecular complexity index is 219. The van der Waals surface area contributed by atoms with Crippen molar-refractivity contribution in [1.29, 1.82) is 0 Å². The van der Waals surface area contributed by atoms with Crippen molar-refractivity contribution in [2.24, 2.45) is 5.92 Å². The van der Waals surface area contributed by atoms with Gasteiger partial charge in [-0.2, -0.15) is 0 Å². The van der Waals surface area contributed by atoms with Gasteiger partial charge < -0.3 is 5.11 Å². The standard InChI is InChI=1S/C12H20O/c1-10-5-6-11-4-2-3-8-12(11,13)9-7-10/h5,11,13H,2-4,6-9H2,1H3/t11-,12+/m1/s1. The Kier molecular flexibility index (Phi) is 2.46. The van der Waals surface area contributed by atoms with Crippen LogP contribution in [-0.2, 0) is 0 Å². The van der Waals surface area contributed by atoms with Crippen LogP contribution in [0.2, 0.25) is 0 Å². The second-order valence-corrected chi connectivity index (χ2v) is 4.83. The van der Waals surface area contributed by atoms with Crippen molar-refractivity contribution < 1.29 is 5.11 Å². The third-order valence-electron chi connectivity index (χ3n) is 3.88. The zero-order valence-electron chi connectivity index (χ0n) is 8.55. The molecule has 0 amide bonds. The quantitative estimate of drug-likeness (QED) is 0.568. The molecule has 1 nitrogen and oxygen atoms in total.